The molecule has 0 aromatic carbocycles. The number of ether oxygens (including phenoxy) is 2. The highest BCUT2D eigenvalue weighted by atomic mass is 16.5. The molecule has 0 bridgehead atoms. The van der Waals surface area contributed by atoms with Crippen LogP contribution in [0, 0.1) is 0 Å². The van der Waals surface area contributed by atoms with Gasteiger partial charge in [0, 0.05) is 19.2 Å². The van der Waals surface area contributed by atoms with E-state index < -0.39 is 0 Å². The molecule has 1 saturated carbocycles. The standard InChI is InChI=1S/C14H27NO2/c1-2-6-13(7-3-1)15-9-11-16-12-14-8-4-5-10-17-14/h13-15H,1-12H2. The predicted molar refractivity (Wildman–Crippen MR) is 69.3 cm³/mol. The lowest BCUT2D eigenvalue weighted by atomic mass is 9.96. The van der Waals surface area contributed by atoms with E-state index in [2.05, 4.69) is 5.32 Å². The summed E-state index contributed by atoms with van der Waals surface area (Å²) < 4.78 is 11.3. The molecule has 0 aromatic heterocycles. The van der Waals surface area contributed by atoms with Gasteiger partial charge in [-0.1, -0.05) is 19.3 Å². The largest absolute Gasteiger partial charge is 0.377 e. The first-order chi connectivity index (χ1) is 8.45. The van der Waals surface area contributed by atoms with Crippen molar-refractivity contribution in [1.82, 2.24) is 5.32 Å². The summed E-state index contributed by atoms with van der Waals surface area (Å²) in [7, 11) is 0. The van der Waals surface area contributed by atoms with E-state index in [1.54, 1.807) is 0 Å². The van der Waals surface area contributed by atoms with Gasteiger partial charge in [-0.25, -0.2) is 0 Å². The fourth-order valence-electron chi connectivity index (χ4n) is 2.80. The van der Waals surface area contributed by atoms with E-state index in [4.69, 9.17) is 9.47 Å². The first-order valence-electron chi connectivity index (χ1n) is 7.38. The maximum Gasteiger partial charge on any atom is 0.0808 e. The van der Waals surface area contributed by atoms with Crippen LogP contribution in [0.3, 0.4) is 0 Å². The van der Waals surface area contributed by atoms with Crippen molar-refractivity contribution >= 4 is 0 Å². The van der Waals surface area contributed by atoms with Crippen molar-refractivity contribution in [1.29, 1.82) is 0 Å². The van der Waals surface area contributed by atoms with Crippen molar-refractivity contribution in [2.75, 3.05) is 26.4 Å². The van der Waals surface area contributed by atoms with Crippen LogP contribution < -0.4 is 5.32 Å². The first kappa shape index (κ1) is 13.3. The summed E-state index contributed by atoms with van der Waals surface area (Å²) in [5, 5.41) is 3.59. The molecule has 0 radical (unpaired) electrons. The van der Waals surface area contributed by atoms with Crippen LogP contribution in [-0.4, -0.2) is 38.5 Å². The second-order valence-electron chi connectivity index (χ2n) is 5.35. The zero-order chi connectivity index (χ0) is 11.8. The Bertz CT molecular complexity index is 167. The van der Waals surface area contributed by atoms with Gasteiger partial charge in [0.25, 0.3) is 0 Å². The van der Waals surface area contributed by atoms with Crippen molar-refractivity contribution in [2.24, 2.45) is 0 Å². The maximum absolute atomic E-state index is 5.68. The van der Waals surface area contributed by atoms with E-state index in [0.717, 1.165) is 32.4 Å². The van der Waals surface area contributed by atoms with E-state index >= 15 is 0 Å². The van der Waals surface area contributed by atoms with Gasteiger partial charge in [0.2, 0.25) is 0 Å². The van der Waals surface area contributed by atoms with E-state index in [9.17, 15) is 0 Å². The molecule has 1 unspecified atom stereocenters. The highest BCUT2D eigenvalue weighted by Crippen LogP contribution is 2.17. The summed E-state index contributed by atoms with van der Waals surface area (Å²) in [6.07, 6.45) is 11.0. The number of nitrogens with one attached hydrogen (secondary N) is 1. The third-order valence-corrected chi connectivity index (χ3v) is 3.86. The van der Waals surface area contributed by atoms with Crippen molar-refractivity contribution in [3.05, 3.63) is 0 Å². The molecule has 0 aromatic rings. The molecule has 1 aliphatic heterocycles. The van der Waals surface area contributed by atoms with Crippen LogP contribution >= 0.6 is 0 Å². The minimum absolute atomic E-state index is 0.360. The summed E-state index contributed by atoms with van der Waals surface area (Å²) in [5.41, 5.74) is 0. The quantitative estimate of drug-likeness (QED) is 0.725. The van der Waals surface area contributed by atoms with Gasteiger partial charge in [-0.15, -0.1) is 0 Å². The monoisotopic (exact) mass is 241 g/mol. The average Bonchev–Trinajstić information content (AvgIpc) is 2.41. The zero-order valence-electron chi connectivity index (χ0n) is 11.0. The minimum Gasteiger partial charge on any atom is -0.377 e. The average molecular weight is 241 g/mol. The first-order valence-corrected chi connectivity index (χ1v) is 7.38. The number of hydrogen-bond donors (Lipinski definition) is 1. The molecule has 3 nitrogen and oxygen atoms in total. The Balaban J connectivity index is 1.42. The highest BCUT2D eigenvalue weighted by molar-refractivity contribution is 4.71. The molecule has 2 fully saturated rings. The molecule has 2 aliphatic rings. The molecule has 1 aliphatic carbocycles. The Labute approximate surface area is 105 Å². The van der Waals surface area contributed by atoms with Crippen LogP contribution in [0.15, 0.2) is 0 Å². The van der Waals surface area contributed by atoms with Gasteiger partial charge in [0.05, 0.1) is 19.3 Å². The Morgan fingerprint density at radius 1 is 1.00 bits per heavy atom. The third-order valence-electron chi connectivity index (χ3n) is 3.86. The van der Waals surface area contributed by atoms with Crippen LogP contribution in [0.1, 0.15) is 51.4 Å². The minimum atomic E-state index is 0.360. The summed E-state index contributed by atoms with van der Waals surface area (Å²) in [6.45, 7) is 3.54. The molecule has 17 heavy (non-hydrogen) atoms. The van der Waals surface area contributed by atoms with Gasteiger partial charge in [-0.05, 0) is 32.1 Å². The molecule has 1 N–H and O–H groups in total. The number of hydrogen-bond acceptors (Lipinski definition) is 3. The summed E-state index contributed by atoms with van der Waals surface area (Å²) in [6, 6.07) is 0.748. The van der Waals surface area contributed by atoms with Crippen molar-refractivity contribution in [3.63, 3.8) is 0 Å². The van der Waals surface area contributed by atoms with Crippen LogP contribution in [0.2, 0.25) is 0 Å². The Hall–Kier alpha value is -0.120. The topological polar surface area (TPSA) is 30.5 Å². The zero-order valence-corrected chi connectivity index (χ0v) is 11.0. The van der Waals surface area contributed by atoms with Gasteiger partial charge in [-0.2, -0.15) is 0 Å². The molecule has 1 saturated heterocycles. The maximum atomic E-state index is 5.68. The van der Waals surface area contributed by atoms with Gasteiger partial charge in [0.15, 0.2) is 0 Å². The molecular formula is C14H27NO2. The number of rotatable bonds is 6. The Morgan fingerprint density at radius 3 is 2.59 bits per heavy atom. The van der Waals surface area contributed by atoms with Gasteiger partial charge < -0.3 is 14.8 Å². The third kappa shape index (κ3) is 5.36. The van der Waals surface area contributed by atoms with E-state index in [0.29, 0.717) is 6.10 Å². The molecule has 1 atom stereocenters. The SMILES string of the molecule is C1CCC(NCCOCC2CCCCO2)CC1. The second-order valence-corrected chi connectivity index (χ2v) is 5.35. The molecule has 2 rings (SSSR count). The van der Waals surface area contributed by atoms with E-state index in [1.165, 1.54) is 51.4 Å². The van der Waals surface area contributed by atoms with Crippen molar-refractivity contribution in [2.45, 2.75) is 63.5 Å². The highest BCUT2D eigenvalue weighted by Gasteiger charge is 2.14. The summed E-state index contributed by atoms with van der Waals surface area (Å²) in [4.78, 5) is 0. The van der Waals surface area contributed by atoms with Gasteiger partial charge in [0.1, 0.15) is 0 Å². The lowest BCUT2D eigenvalue weighted by Gasteiger charge is -2.24. The summed E-state index contributed by atoms with van der Waals surface area (Å²) in [5.74, 6) is 0. The fraction of sp³-hybridized carbons (Fsp3) is 1.00. The van der Waals surface area contributed by atoms with Gasteiger partial charge >= 0.3 is 0 Å². The Kier molecular flexibility index (Phi) is 6.32. The summed E-state index contributed by atoms with van der Waals surface area (Å²) >= 11 is 0. The molecule has 3 heteroatoms. The van der Waals surface area contributed by atoms with Crippen molar-refractivity contribution in [3.8, 4) is 0 Å². The fourth-order valence-corrected chi connectivity index (χ4v) is 2.80. The van der Waals surface area contributed by atoms with Crippen LogP contribution in [-0.2, 0) is 9.47 Å². The van der Waals surface area contributed by atoms with E-state index in [-0.39, 0.29) is 0 Å². The van der Waals surface area contributed by atoms with E-state index in [1.807, 2.05) is 0 Å². The smallest absolute Gasteiger partial charge is 0.0808 e. The lowest BCUT2D eigenvalue weighted by Crippen LogP contribution is -2.34. The molecule has 0 spiro atoms. The normalized spacial score (nSPS) is 27.2. The second kappa shape index (κ2) is 8.06. The van der Waals surface area contributed by atoms with Crippen LogP contribution in [0.4, 0.5) is 0 Å². The molecule has 0 amide bonds. The van der Waals surface area contributed by atoms with Crippen LogP contribution in [0.25, 0.3) is 0 Å². The van der Waals surface area contributed by atoms with Crippen LogP contribution in [0.5, 0.6) is 0 Å². The molecule has 100 valence electrons. The lowest BCUT2D eigenvalue weighted by molar-refractivity contribution is -0.0401. The van der Waals surface area contributed by atoms with Gasteiger partial charge in [-0.3, -0.25) is 0 Å². The Morgan fingerprint density at radius 2 is 1.82 bits per heavy atom. The molecule has 1 heterocycles. The predicted octanol–water partition coefficient (Wildman–Crippen LogP) is 2.49. The van der Waals surface area contributed by atoms with Crippen molar-refractivity contribution < 1.29 is 9.47 Å². The molecular weight excluding hydrogens is 214 g/mol.